The van der Waals surface area contributed by atoms with Gasteiger partial charge in [0, 0.05) is 19.7 Å². The third kappa shape index (κ3) is 4.62. The Hall–Kier alpha value is -1.14. The van der Waals surface area contributed by atoms with Crippen molar-refractivity contribution in [3.05, 3.63) is 0 Å². The summed E-state index contributed by atoms with van der Waals surface area (Å²) in [5, 5.41) is 7.84. The third-order valence-electron chi connectivity index (χ3n) is 3.04. The van der Waals surface area contributed by atoms with Crippen LogP contribution in [0.15, 0.2) is 0 Å². The molecular formula is C12H23N3O3. The van der Waals surface area contributed by atoms with E-state index in [1.165, 1.54) is 7.05 Å². The highest BCUT2D eigenvalue weighted by atomic mass is 16.5. The first kappa shape index (κ1) is 14.9. The molecule has 0 saturated carbocycles. The first-order chi connectivity index (χ1) is 8.34. The van der Waals surface area contributed by atoms with Crippen LogP contribution in [0.2, 0.25) is 0 Å². The first-order valence-corrected chi connectivity index (χ1v) is 6.26. The predicted molar refractivity (Wildman–Crippen MR) is 68.2 cm³/mol. The Labute approximate surface area is 108 Å². The van der Waals surface area contributed by atoms with Gasteiger partial charge in [-0.3, -0.25) is 10.1 Å². The fourth-order valence-corrected chi connectivity index (χ4v) is 2.09. The van der Waals surface area contributed by atoms with Gasteiger partial charge in [0.15, 0.2) is 0 Å². The lowest BCUT2D eigenvalue weighted by Gasteiger charge is -2.36. The Balaban J connectivity index is 2.41. The van der Waals surface area contributed by atoms with Crippen LogP contribution in [0.3, 0.4) is 0 Å². The standard InChI is InChI=1S/C12H23N3O3/c1-8(10(16)15-11(17)13-4)14-9-5-6-18-12(2,3)7-9/h8-9,14H,5-7H2,1-4H3,(H2,13,15,16,17). The molecule has 0 aliphatic carbocycles. The van der Waals surface area contributed by atoms with Crippen molar-refractivity contribution in [3.8, 4) is 0 Å². The largest absolute Gasteiger partial charge is 0.375 e. The average Bonchev–Trinajstić information content (AvgIpc) is 2.27. The minimum atomic E-state index is -0.485. The lowest BCUT2D eigenvalue weighted by Crippen LogP contribution is -2.53. The average molecular weight is 257 g/mol. The number of hydrogen-bond donors (Lipinski definition) is 3. The molecule has 3 N–H and O–H groups in total. The molecule has 0 aromatic rings. The summed E-state index contributed by atoms with van der Waals surface area (Å²) >= 11 is 0. The van der Waals surface area contributed by atoms with Crippen LogP contribution in [0.25, 0.3) is 0 Å². The zero-order valence-electron chi connectivity index (χ0n) is 11.5. The fraction of sp³-hybridized carbons (Fsp3) is 0.833. The van der Waals surface area contributed by atoms with Crippen LogP contribution in [0.1, 0.15) is 33.6 Å². The third-order valence-corrected chi connectivity index (χ3v) is 3.04. The Morgan fingerprint density at radius 3 is 2.61 bits per heavy atom. The Kier molecular flexibility index (Phi) is 5.10. The Bertz CT molecular complexity index is 318. The Morgan fingerprint density at radius 2 is 2.06 bits per heavy atom. The van der Waals surface area contributed by atoms with Gasteiger partial charge in [0.1, 0.15) is 0 Å². The molecule has 6 nitrogen and oxygen atoms in total. The van der Waals surface area contributed by atoms with Crippen LogP contribution < -0.4 is 16.0 Å². The molecular weight excluding hydrogens is 234 g/mol. The van der Waals surface area contributed by atoms with Crippen LogP contribution in [-0.4, -0.2) is 43.3 Å². The van der Waals surface area contributed by atoms with Gasteiger partial charge in [-0.15, -0.1) is 0 Å². The Morgan fingerprint density at radius 1 is 1.39 bits per heavy atom. The quantitative estimate of drug-likeness (QED) is 0.683. The van der Waals surface area contributed by atoms with E-state index in [-0.39, 0.29) is 17.6 Å². The van der Waals surface area contributed by atoms with Gasteiger partial charge < -0.3 is 15.4 Å². The van der Waals surface area contributed by atoms with Crippen molar-refractivity contribution in [2.75, 3.05) is 13.7 Å². The highest BCUT2D eigenvalue weighted by molar-refractivity contribution is 5.96. The molecule has 1 heterocycles. The molecule has 0 aromatic carbocycles. The van der Waals surface area contributed by atoms with Gasteiger partial charge in [0.2, 0.25) is 5.91 Å². The number of urea groups is 1. The topological polar surface area (TPSA) is 79.5 Å². The fourth-order valence-electron chi connectivity index (χ4n) is 2.09. The normalized spacial score (nSPS) is 24.1. The van der Waals surface area contributed by atoms with E-state index in [0.29, 0.717) is 6.61 Å². The van der Waals surface area contributed by atoms with Gasteiger partial charge >= 0.3 is 6.03 Å². The smallest absolute Gasteiger partial charge is 0.321 e. The van der Waals surface area contributed by atoms with Crippen LogP contribution in [-0.2, 0) is 9.53 Å². The molecule has 1 fully saturated rings. The highest BCUT2D eigenvalue weighted by Crippen LogP contribution is 2.24. The van der Waals surface area contributed by atoms with E-state index in [4.69, 9.17) is 4.74 Å². The lowest BCUT2D eigenvalue weighted by atomic mass is 9.93. The molecule has 0 aromatic heterocycles. The maximum atomic E-state index is 11.7. The van der Waals surface area contributed by atoms with Crippen LogP contribution >= 0.6 is 0 Å². The number of ether oxygens (including phenoxy) is 1. The van der Waals surface area contributed by atoms with Gasteiger partial charge in [-0.25, -0.2) is 4.79 Å². The SMILES string of the molecule is CNC(=O)NC(=O)C(C)NC1CCOC(C)(C)C1. The molecule has 6 heteroatoms. The van der Waals surface area contributed by atoms with Crippen molar-refractivity contribution in [1.82, 2.24) is 16.0 Å². The molecule has 0 bridgehead atoms. The highest BCUT2D eigenvalue weighted by Gasteiger charge is 2.30. The molecule has 1 aliphatic rings. The molecule has 104 valence electrons. The minimum absolute atomic E-state index is 0.160. The number of rotatable bonds is 3. The van der Waals surface area contributed by atoms with Gasteiger partial charge in [0.05, 0.1) is 11.6 Å². The molecule has 0 spiro atoms. The number of imide groups is 1. The van der Waals surface area contributed by atoms with Crippen LogP contribution in [0.5, 0.6) is 0 Å². The zero-order chi connectivity index (χ0) is 13.8. The minimum Gasteiger partial charge on any atom is -0.375 e. The van der Waals surface area contributed by atoms with E-state index in [1.54, 1.807) is 6.92 Å². The van der Waals surface area contributed by atoms with Gasteiger partial charge in [-0.05, 0) is 33.6 Å². The maximum Gasteiger partial charge on any atom is 0.321 e. The lowest BCUT2D eigenvalue weighted by molar-refractivity contribution is -0.122. The van der Waals surface area contributed by atoms with Crippen molar-refractivity contribution < 1.29 is 14.3 Å². The zero-order valence-corrected chi connectivity index (χ0v) is 11.5. The number of carbonyl (C=O) groups is 2. The van der Waals surface area contributed by atoms with Crippen molar-refractivity contribution in [1.29, 1.82) is 0 Å². The van der Waals surface area contributed by atoms with Crippen molar-refractivity contribution >= 4 is 11.9 Å². The molecule has 18 heavy (non-hydrogen) atoms. The van der Waals surface area contributed by atoms with E-state index >= 15 is 0 Å². The van der Waals surface area contributed by atoms with Gasteiger partial charge in [-0.1, -0.05) is 0 Å². The summed E-state index contributed by atoms with van der Waals surface area (Å²) in [4.78, 5) is 22.7. The molecule has 2 atom stereocenters. The molecule has 1 rings (SSSR count). The molecule has 1 aliphatic heterocycles. The maximum absolute atomic E-state index is 11.7. The van der Waals surface area contributed by atoms with Gasteiger partial charge in [0.25, 0.3) is 0 Å². The summed E-state index contributed by atoms with van der Waals surface area (Å²) in [6, 6.07) is -0.652. The first-order valence-electron chi connectivity index (χ1n) is 6.26. The summed E-state index contributed by atoms with van der Waals surface area (Å²) in [7, 11) is 1.47. The van der Waals surface area contributed by atoms with Crippen LogP contribution in [0, 0.1) is 0 Å². The number of amides is 3. The summed E-state index contributed by atoms with van der Waals surface area (Å²) in [5.41, 5.74) is -0.160. The van der Waals surface area contributed by atoms with E-state index < -0.39 is 12.1 Å². The predicted octanol–water partition coefficient (Wildman–Crippen LogP) is 0.378. The van der Waals surface area contributed by atoms with Crippen molar-refractivity contribution in [3.63, 3.8) is 0 Å². The second kappa shape index (κ2) is 6.15. The summed E-state index contributed by atoms with van der Waals surface area (Å²) < 4.78 is 5.61. The summed E-state index contributed by atoms with van der Waals surface area (Å²) in [5.74, 6) is -0.321. The summed E-state index contributed by atoms with van der Waals surface area (Å²) in [6.07, 6.45) is 1.73. The van der Waals surface area contributed by atoms with E-state index in [0.717, 1.165) is 12.8 Å². The van der Waals surface area contributed by atoms with Crippen LogP contribution in [0.4, 0.5) is 4.79 Å². The number of carbonyl (C=O) groups excluding carboxylic acids is 2. The van der Waals surface area contributed by atoms with Gasteiger partial charge in [-0.2, -0.15) is 0 Å². The van der Waals surface area contributed by atoms with E-state index in [9.17, 15) is 9.59 Å². The monoisotopic (exact) mass is 257 g/mol. The van der Waals surface area contributed by atoms with E-state index in [1.807, 2.05) is 13.8 Å². The van der Waals surface area contributed by atoms with Crippen molar-refractivity contribution in [2.45, 2.75) is 51.3 Å². The second-order valence-electron chi connectivity index (χ2n) is 5.25. The molecule has 3 amide bonds. The second-order valence-corrected chi connectivity index (χ2v) is 5.25. The molecule has 1 saturated heterocycles. The number of hydrogen-bond acceptors (Lipinski definition) is 4. The number of nitrogens with one attached hydrogen (secondary N) is 3. The van der Waals surface area contributed by atoms with E-state index in [2.05, 4.69) is 16.0 Å². The molecule has 0 radical (unpaired) electrons. The molecule has 2 unspecified atom stereocenters. The summed E-state index contributed by atoms with van der Waals surface area (Å²) in [6.45, 7) is 6.52. The van der Waals surface area contributed by atoms with Crippen molar-refractivity contribution in [2.24, 2.45) is 0 Å².